The number of aromatic amines is 1. The molecule has 0 aliphatic heterocycles. The Balaban J connectivity index is 1.45. The Kier molecular flexibility index (Phi) is 5.05. The number of aromatic nitrogens is 2. The van der Waals surface area contributed by atoms with E-state index in [1.54, 1.807) is 11.3 Å². The number of hydrogen-bond donors (Lipinski definition) is 1. The smallest absolute Gasteiger partial charge is 0.260 e. The number of nitrogens with zero attached hydrogens (tertiary/aromatic N) is 1. The summed E-state index contributed by atoms with van der Waals surface area (Å²) in [5.74, 6) is 2.31. The monoisotopic (exact) mass is 386 g/mol. The van der Waals surface area contributed by atoms with Gasteiger partial charge in [-0.05, 0) is 55.4 Å². The summed E-state index contributed by atoms with van der Waals surface area (Å²) in [7, 11) is 0. The quantitative estimate of drug-likeness (QED) is 0.396. The molecule has 0 spiro atoms. The van der Waals surface area contributed by atoms with Crippen molar-refractivity contribution in [2.75, 3.05) is 12.4 Å². The number of hydrogen-bond acceptors (Lipinski definition) is 5. The van der Waals surface area contributed by atoms with Crippen LogP contribution in [0.15, 0.2) is 34.2 Å². The van der Waals surface area contributed by atoms with E-state index < -0.39 is 0 Å². The highest BCUT2D eigenvalue weighted by Crippen LogP contribution is 2.36. The lowest BCUT2D eigenvalue weighted by molar-refractivity contribution is 0.343. The van der Waals surface area contributed by atoms with Crippen LogP contribution in [-0.2, 0) is 12.8 Å². The summed E-state index contributed by atoms with van der Waals surface area (Å²) in [4.78, 5) is 22.5. The Morgan fingerprint density at radius 3 is 3.15 bits per heavy atom. The topological polar surface area (TPSA) is 55.0 Å². The van der Waals surface area contributed by atoms with E-state index in [0.717, 1.165) is 41.0 Å². The molecule has 0 bridgehead atoms. The predicted molar refractivity (Wildman–Crippen MR) is 109 cm³/mol. The average Bonchev–Trinajstić information content (AvgIpc) is 2.96. The molecular weight excluding hydrogens is 364 g/mol. The molecule has 1 N–H and O–H groups in total. The first-order valence-corrected chi connectivity index (χ1v) is 10.8. The lowest BCUT2D eigenvalue weighted by Crippen LogP contribution is -2.13. The highest BCUT2D eigenvalue weighted by atomic mass is 32.2. The fraction of sp³-hybridized carbons (Fsp3) is 0.400. The van der Waals surface area contributed by atoms with Gasteiger partial charge in [0.05, 0.1) is 12.0 Å². The predicted octanol–water partition coefficient (Wildman–Crippen LogP) is 4.59. The highest BCUT2D eigenvalue weighted by Gasteiger charge is 2.23. The third-order valence-electron chi connectivity index (χ3n) is 4.72. The summed E-state index contributed by atoms with van der Waals surface area (Å²) in [5.41, 5.74) is 2.42. The van der Waals surface area contributed by atoms with Crippen molar-refractivity contribution in [1.29, 1.82) is 0 Å². The minimum Gasteiger partial charge on any atom is -0.493 e. The number of H-pyrrole nitrogens is 1. The maximum absolute atomic E-state index is 12.6. The minimum absolute atomic E-state index is 0.00385. The third-order valence-corrected chi connectivity index (χ3v) is 6.71. The number of ether oxygens (including phenoxy) is 1. The second kappa shape index (κ2) is 7.45. The second-order valence-electron chi connectivity index (χ2n) is 6.92. The fourth-order valence-corrected chi connectivity index (χ4v) is 5.52. The van der Waals surface area contributed by atoms with E-state index in [4.69, 9.17) is 9.72 Å². The summed E-state index contributed by atoms with van der Waals surface area (Å²) in [6.45, 7) is 4.90. The Labute approximate surface area is 161 Å². The van der Waals surface area contributed by atoms with Crippen molar-refractivity contribution in [2.45, 2.75) is 38.3 Å². The molecule has 1 aromatic carbocycles. The van der Waals surface area contributed by atoms with Gasteiger partial charge in [-0.25, -0.2) is 4.98 Å². The van der Waals surface area contributed by atoms with E-state index in [1.807, 2.05) is 31.2 Å². The van der Waals surface area contributed by atoms with Crippen LogP contribution in [0.4, 0.5) is 0 Å². The van der Waals surface area contributed by atoms with Gasteiger partial charge in [0.15, 0.2) is 5.16 Å². The Morgan fingerprint density at radius 2 is 2.31 bits per heavy atom. The number of thiophene rings is 1. The van der Waals surface area contributed by atoms with Crippen molar-refractivity contribution in [3.05, 3.63) is 50.6 Å². The van der Waals surface area contributed by atoms with Crippen LogP contribution < -0.4 is 10.3 Å². The standard InChI is InChI=1S/C20H22N2O2S2/c1-12-4-3-5-14(10-12)24-8-9-25-20-21-18(23)17-15-7-6-13(2)11-16(15)26-19(17)22-20/h3-5,10,13H,6-9,11H2,1-2H3,(H,21,22,23)/t13-/m0/s1. The van der Waals surface area contributed by atoms with Gasteiger partial charge in [0.1, 0.15) is 10.6 Å². The normalized spacial score (nSPS) is 16.6. The molecule has 26 heavy (non-hydrogen) atoms. The molecule has 2 heterocycles. The number of fused-ring (bicyclic) bond motifs is 3. The molecule has 3 aromatic rings. The average molecular weight is 387 g/mol. The molecule has 4 nitrogen and oxygen atoms in total. The summed E-state index contributed by atoms with van der Waals surface area (Å²) >= 11 is 3.23. The third kappa shape index (κ3) is 3.67. The van der Waals surface area contributed by atoms with Gasteiger partial charge in [0.25, 0.3) is 5.56 Å². The Hall–Kier alpha value is -1.79. The van der Waals surface area contributed by atoms with Crippen LogP contribution in [0.1, 0.15) is 29.3 Å². The molecular formula is C20H22N2O2S2. The first-order valence-electron chi connectivity index (χ1n) is 8.97. The number of rotatable bonds is 5. The molecule has 136 valence electrons. The lowest BCUT2D eigenvalue weighted by Gasteiger charge is -2.17. The first-order chi connectivity index (χ1) is 12.6. The maximum Gasteiger partial charge on any atom is 0.260 e. The summed E-state index contributed by atoms with van der Waals surface area (Å²) in [5, 5.41) is 1.50. The van der Waals surface area contributed by atoms with Gasteiger partial charge in [0, 0.05) is 10.6 Å². The highest BCUT2D eigenvalue weighted by molar-refractivity contribution is 7.99. The van der Waals surface area contributed by atoms with Gasteiger partial charge >= 0.3 is 0 Å². The molecule has 0 saturated carbocycles. The molecule has 1 atom stereocenters. The summed E-state index contributed by atoms with van der Waals surface area (Å²) in [6.07, 6.45) is 3.23. The zero-order valence-electron chi connectivity index (χ0n) is 15.0. The number of aryl methyl sites for hydroxylation is 2. The molecule has 2 aromatic heterocycles. The molecule has 6 heteroatoms. The number of benzene rings is 1. The van der Waals surface area contributed by atoms with Gasteiger partial charge in [0.2, 0.25) is 0 Å². The number of thioether (sulfide) groups is 1. The summed E-state index contributed by atoms with van der Waals surface area (Å²) in [6, 6.07) is 8.02. The van der Waals surface area contributed by atoms with E-state index >= 15 is 0 Å². The second-order valence-corrected chi connectivity index (χ2v) is 9.08. The molecule has 0 fully saturated rings. The van der Waals surface area contributed by atoms with Crippen molar-refractivity contribution < 1.29 is 4.74 Å². The van der Waals surface area contributed by atoms with E-state index in [0.29, 0.717) is 17.7 Å². The molecule has 0 radical (unpaired) electrons. The van der Waals surface area contributed by atoms with E-state index in [2.05, 4.69) is 11.9 Å². The van der Waals surface area contributed by atoms with Crippen LogP contribution >= 0.6 is 23.1 Å². The van der Waals surface area contributed by atoms with Crippen molar-refractivity contribution in [1.82, 2.24) is 9.97 Å². The number of nitrogens with one attached hydrogen (secondary N) is 1. The molecule has 0 unspecified atom stereocenters. The van der Waals surface area contributed by atoms with Crippen LogP contribution in [-0.4, -0.2) is 22.3 Å². The zero-order valence-corrected chi connectivity index (χ0v) is 16.6. The van der Waals surface area contributed by atoms with Gasteiger partial charge in [-0.3, -0.25) is 4.79 Å². The van der Waals surface area contributed by atoms with Gasteiger partial charge in [-0.2, -0.15) is 0 Å². The SMILES string of the molecule is Cc1cccc(OCCSc2nc3sc4c(c3c(=O)[nH]2)CC[C@H](C)C4)c1. The van der Waals surface area contributed by atoms with Crippen LogP contribution in [0.25, 0.3) is 10.2 Å². The van der Waals surface area contributed by atoms with Crippen molar-refractivity contribution in [3.63, 3.8) is 0 Å². The van der Waals surface area contributed by atoms with Crippen LogP contribution in [0.3, 0.4) is 0 Å². The largest absolute Gasteiger partial charge is 0.493 e. The van der Waals surface area contributed by atoms with E-state index in [-0.39, 0.29) is 5.56 Å². The van der Waals surface area contributed by atoms with E-state index in [1.165, 1.54) is 27.8 Å². The minimum atomic E-state index is 0.00385. The lowest BCUT2D eigenvalue weighted by atomic mass is 9.89. The summed E-state index contributed by atoms with van der Waals surface area (Å²) < 4.78 is 5.77. The van der Waals surface area contributed by atoms with Crippen molar-refractivity contribution in [2.24, 2.45) is 5.92 Å². The van der Waals surface area contributed by atoms with Gasteiger partial charge < -0.3 is 9.72 Å². The van der Waals surface area contributed by atoms with Crippen LogP contribution in [0, 0.1) is 12.8 Å². The van der Waals surface area contributed by atoms with Crippen molar-refractivity contribution in [3.8, 4) is 5.75 Å². The van der Waals surface area contributed by atoms with E-state index in [9.17, 15) is 4.79 Å². The first kappa shape index (κ1) is 17.6. The fourth-order valence-electron chi connectivity index (χ4n) is 3.40. The zero-order chi connectivity index (χ0) is 18.1. The maximum atomic E-state index is 12.6. The van der Waals surface area contributed by atoms with Crippen molar-refractivity contribution >= 4 is 33.3 Å². The molecule has 4 rings (SSSR count). The Bertz CT molecular complexity index is 993. The van der Waals surface area contributed by atoms with Gasteiger partial charge in [-0.15, -0.1) is 11.3 Å². The molecule has 1 aliphatic carbocycles. The molecule has 1 aliphatic rings. The van der Waals surface area contributed by atoms with Crippen LogP contribution in [0.5, 0.6) is 5.75 Å². The molecule has 0 amide bonds. The van der Waals surface area contributed by atoms with Gasteiger partial charge in [-0.1, -0.05) is 30.8 Å². The molecule has 0 saturated heterocycles. The Morgan fingerprint density at radius 1 is 1.42 bits per heavy atom. The van der Waals surface area contributed by atoms with Crippen LogP contribution in [0.2, 0.25) is 0 Å².